The molecule has 0 radical (unpaired) electrons. The predicted molar refractivity (Wildman–Crippen MR) is 90.5 cm³/mol. The zero-order valence-corrected chi connectivity index (χ0v) is 14.2. The molecule has 0 aromatic carbocycles. The van der Waals surface area contributed by atoms with Crippen molar-refractivity contribution in [3.63, 3.8) is 0 Å². The van der Waals surface area contributed by atoms with Gasteiger partial charge in [-0.05, 0) is 32.6 Å². The van der Waals surface area contributed by atoms with Crippen molar-refractivity contribution in [1.82, 2.24) is 19.5 Å². The lowest BCUT2D eigenvalue weighted by Gasteiger charge is -2.35. The Bertz CT molecular complexity index is 854. The predicted octanol–water partition coefficient (Wildman–Crippen LogP) is 1.12. The number of hydrogen-bond acceptors (Lipinski definition) is 4. The number of H-pyrrole nitrogens is 1. The van der Waals surface area contributed by atoms with E-state index in [2.05, 4.69) is 10.1 Å². The summed E-state index contributed by atoms with van der Waals surface area (Å²) in [6.07, 6.45) is 4.82. The molecule has 0 saturated carbocycles. The lowest BCUT2D eigenvalue weighted by atomic mass is 9.97. The van der Waals surface area contributed by atoms with Crippen LogP contribution in [0, 0.1) is 6.92 Å². The number of carbonyl (C=O) groups excluding carboxylic acids is 1. The van der Waals surface area contributed by atoms with Crippen LogP contribution in [-0.2, 0) is 16.0 Å². The van der Waals surface area contributed by atoms with Gasteiger partial charge in [0.25, 0.3) is 5.56 Å². The van der Waals surface area contributed by atoms with Gasteiger partial charge in [-0.25, -0.2) is 9.50 Å². The van der Waals surface area contributed by atoms with E-state index < -0.39 is 5.97 Å². The van der Waals surface area contributed by atoms with E-state index in [0.717, 1.165) is 19.3 Å². The van der Waals surface area contributed by atoms with Crippen molar-refractivity contribution in [2.75, 3.05) is 6.54 Å². The van der Waals surface area contributed by atoms with Gasteiger partial charge in [0.15, 0.2) is 5.65 Å². The Morgan fingerprint density at radius 1 is 1.40 bits per heavy atom. The number of nitrogens with zero attached hydrogens (tertiary/aromatic N) is 3. The molecule has 2 N–H and O–H groups in total. The summed E-state index contributed by atoms with van der Waals surface area (Å²) in [4.78, 5) is 42.3. The van der Waals surface area contributed by atoms with Crippen molar-refractivity contribution < 1.29 is 14.7 Å². The molecule has 1 saturated heterocycles. The third-order valence-electron chi connectivity index (χ3n) is 4.81. The van der Waals surface area contributed by atoms with Crippen LogP contribution in [0.1, 0.15) is 43.4 Å². The van der Waals surface area contributed by atoms with Gasteiger partial charge in [0.1, 0.15) is 0 Å². The van der Waals surface area contributed by atoms with Crippen molar-refractivity contribution >= 4 is 17.5 Å². The van der Waals surface area contributed by atoms with E-state index in [4.69, 9.17) is 5.11 Å². The topological polar surface area (TPSA) is 108 Å². The maximum Gasteiger partial charge on any atom is 0.303 e. The number of aliphatic carboxylic acids is 1. The molecule has 0 spiro atoms. The Balaban J connectivity index is 1.80. The first-order valence-corrected chi connectivity index (χ1v) is 8.54. The van der Waals surface area contributed by atoms with Gasteiger partial charge in [-0.15, -0.1) is 0 Å². The molecule has 1 aliphatic heterocycles. The van der Waals surface area contributed by atoms with Crippen LogP contribution in [0.25, 0.3) is 5.65 Å². The molecule has 3 heterocycles. The van der Waals surface area contributed by atoms with Crippen molar-refractivity contribution in [3.05, 3.63) is 33.9 Å². The van der Waals surface area contributed by atoms with E-state index in [-0.39, 0.29) is 30.3 Å². The highest BCUT2D eigenvalue weighted by Crippen LogP contribution is 2.22. The average molecular weight is 346 g/mol. The molecule has 1 aliphatic rings. The number of carbonyl (C=O) groups is 2. The molecule has 2 aromatic heterocycles. The number of amides is 1. The zero-order chi connectivity index (χ0) is 18.0. The van der Waals surface area contributed by atoms with Crippen LogP contribution in [0.3, 0.4) is 0 Å². The van der Waals surface area contributed by atoms with Gasteiger partial charge in [0, 0.05) is 42.5 Å². The fourth-order valence-electron chi connectivity index (χ4n) is 3.48. The summed E-state index contributed by atoms with van der Waals surface area (Å²) >= 11 is 0. The summed E-state index contributed by atoms with van der Waals surface area (Å²) in [5, 5.41) is 11.7. The van der Waals surface area contributed by atoms with Crippen LogP contribution < -0.4 is 5.56 Å². The maximum absolute atomic E-state index is 12.8. The van der Waals surface area contributed by atoms with Crippen LogP contribution >= 0.6 is 0 Å². The number of aromatic amines is 1. The van der Waals surface area contributed by atoms with E-state index in [9.17, 15) is 14.4 Å². The van der Waals surface area contributed by atoms with E-state index in [0.29, 0.717) is 29.9 Å². The highest BCUT2D eigenvalue weighted by molar-refractivity contribution is 5.79. The monoisotopic (exact) mass is 346 g/mol. The second-order valence-corrected chi connectivity index (χ2v) is 6.48. The molecule has 8 heteroatoms. The number of carboxylic acid groups (broad SMARTS) is 1. The molecule has 1 atom stereocenters. The highest BCUT2D eigenvalue weighted by Gasteiger charge is 2.28. The lowest BCUT2D eigenvalue weighted by molar-refractivity contribution is -0.139. The Hall–Kier alpha value is -2.64. The molecule has 25 heavy (non-hydrogen) atoms. The molecule has 2 aromatic rings. The standard InChI is InChI=1S/C17H22N4O4/c1-11-13(17(25)21-14(19-11)7-8-18-21)10-15(22)20-9-3-2-4-12(20)5-6-16(23)24/h7-8,12,18H,2-6,9-10H2,1H3,(H,23,24). The Morgan fingerprint density at radius 3 is 2.96 bits per heavy atom. The highest BCUT2D eigenvalue weighted by atomic mass is 16.4. The first kappa shape index (κ1) is 17.2. The number of fused-ring (bicyclic) bond motifs is 1. The van der Waals surface area contributed by atoms with Crippen molar-refractivity contribution in [2.24, 2.45) is 0 Å². The molecule has 1 fully saturated rings. The number of aryl methyl sites for hydroxylation is 1. The lowest BCUT2D eigenvalue weighted by Crippen LogP contribution is -2.45. The van der Waals surface area contributed by atoms with Gasteiger partial charge < -0.3 is 10.0 Å². The van der Waals surface area contributed by atoms with E-state index in [1.54, 1.807) is 24.1 Å². The van der Waals surface area contributed by atoms with Crippen LogP contribution in [0.4, 0.5) is 0 Å². The van der Waals surface area contributed by atoms with Crippen molar-refractivity contribution in [2.45, 2.75) is 51.5 Å². The molecule has 1 amide bonds. The number of likely N-dealkylation sites (tertiary alicyclic amines) is 1. The minimum Gasteiger partial charge on any atom is -0.481 e. The molecular formula is C17H22N4O4. The van der Waals surface area contributed by atoms with Gasteiger partial charge in [-0.2, -0.15) is 0 Å². The van der Waals surface area contributed by atoms with Gasteiger partial charge in [-0.1, -0.05) is 0 Å². The minimum absolute atomic E-state index is 0.0107. The number of nitrogens with one attached hydrogen (secondary N) is 1. The van der Waals surface area contributed by atoms with Crippen LogP contribution in [-0.4, -0.2) is 49.1 Å². The molecule has 0 aliphatic carbocycles. The quantitative estimate of drug-likeness (QED) is 0.843. The summed E-state index contributed by atoms with van der Waals surface area (Å²) in [5.74, 6) is -0.989. The van der Waals surface area contributed by atoms with Gasteiger partial charge in [0.05, 0.1) is 6.42 Å². The maximum atomic E-state index is 12.8. The first-order chi connectivity index (χ1) is 12.0. The SMILES string of the molecule is Cc1nc2cc[nH]n2c(=O)c1CC(=O)N1CCCCC1CCC(=O)O. The van der Waals surface area contributed by atoms with Gasteiger partial charge in [-0.3, -0.25) is 19.5 Å². The first-order valence-electron chi connectivity index (χ1n) is 8.54. The second-order valence-electron chi connectivity index (χ2n) is 6.48. The fraction of sp³-hybridized carbons (Fsp3) is 0.529. The van der Waals surface area contributed by atoms with E-state index >= 15 is 0 Å². The van der Waals surface area contributed by atoms with Crippen molar-refractivity contribution in [3.8, 4) is 0 Å². The molecule has 8 nitrogen and oxygen atoms in total. The van der Waals surface area contributed by atoms with Crippen molar-refractivity contribution in [1.29, 1.82) is 0 Å². The fourth-order valence-corrected chi connectivity index (χ4v) is 3.48. The second kappa shape index (κ2) is 7.08. The number of aromatic nitrogens is 3. The van der Waals surface area contributed by atoms with Gasteiger partial charge in [0.2, 0.25) is 5.91 Å². The molecule has 3 rings (SSSR count). The Kier molecular flexibility index (Phi) is 4.87. The minimum atomic E-state index is -0.853. The largest absolute Gasteiger partial charge is 0.481 e. The molecular weight excluding hydrogens is 324 g/mol. The van der Waals surface area contributed by atoms with E-state index in [1.807, 2.05) is 0 Å². The van der Waals surface area contributed by atoms with Crippen LogP contribution in [0.15, 0.2) is 17.1 Å². The molecule has 1 unspecified atom stereocenters. The smallest absolute Gasteiger partial charge is 0.303 e. The normalized spacial score (nSPS) is 17.8. The number of rotatable bonds is 5. The van der Waals surface area contributed by atoms with Gasteiger partial charge >= 0.3 is 5.97 Å². The molecule has 0 bridgehead atoms. The average Bonchev–Trinajstić information content (AvgIpc) is 3.05. The third kappa shape index (κ3) is 3.57. The molecule has 134 valence electrons. The summed E-state index contributed by atoms with van der Waals surface area (Å²) in [7, 11) is 0. The summed E-state index contributed by atoms with van der Waals surface area (Å²) < 4.78 is 1.33. The Labute approximate surface area is 144 Å². The van der Waals surface area contributed by atoms with Crippen LogP contribution in [0.2, 0.25) is 0 Å². The van der Waals surface area contributed by atoms with E-state index in [1.165, 1.54) is 4.52 Å². The summed E-state index contributed by atoms with van der Waals surface area (Å²) in [6, 6.07) is 1.63. The zero-order valence-electron chi connectivity index (χ0n) is 14.2. The number of carboxylic acids is 1. The summed E-state index contributed by atoms with van der Waals surface area (Å²) in [6.45, 7) is 2.34. The third-order valence-corrected chi connectivity index (χ3v) is 4.81. The number of hydrogen-bond donors (Lipinski definition) is 2. The number of piperidine rings is 1. The van der Waals surface area contributed by atoms with Crippen LogP contribution in [0.5, 0.6) is 0 Å². The summed E-state index contributed by atoms with van der Waals surface area (Å²) in [5.41, 5.74) is 1.19. The Morgan fingerprint density at radius 2 is 2.20 bits per heavy atom.